The molecule has 0 fully saturated rings. The van der Waals surface area contributed by atoms with E-state index in [1.54, 1.807) is 17.4 Å². The fourth-order valence-electron chi connectivity index (χ4n) is 1.90. The monoisotopic (exact) mass is 408 g/mol. The summed E-state index contributed by atoms with van der Waals surface area (Å²) in [4.78, 5) is 1.03. The molecule has 0 N–H and O–H groups in total. The SMILES string of the molecule is CCOc1cc(Cl)c(C(Cl)c2ccc(Br)s2)cc1OCC. The minimum Gasteiger partial charge on any atom is -0.490 e. The molecule has 1 atom stereocenters. The van der Waals surface area contributed by atoms with Crippen molar-refractivity contribution in [2.45, 2.75) is 19.2 Å². The Bertz CT molecular complexity index is 616. The molecule has 0 spiro atoms. The maximum Gasteiger partial charge on any atom is 0.162 e. The van der Waals surface area contributed by atoms with Gasteiger partial charge in [0.1, 0.15) is 0 Å². The summed E-state index contributed by atoms with van der Waals surface area (Å²) < 4.78 is 12.2. The van der Waals surface area contributed by atoms with Crippen LogP contribution in [-0.4, -0.2) is 13.2 Å². The van der Waals surface area contributed by atoms with E-state index in [9.17, 15) is 0 Å². The average Bonchev–Trinajstić information content (AvgIpc) is 2.88. The Morgan fingerprint density at radius 2 is 1.76 bits per heavy atom. The summed E-state index contributed by atoms with van der Waals surface area (Å²) in [6.07, 6.45) is 0. The second kappa shape index (κ2) is 7.73. The highest BCUT2D eigenvalue weighted by atomic mass is 79.9. The molecule has 0 saturated heterocycles. The summed E-state index contributed by atoms with van der Waals surface area (Å²) in [7, 11) is 0. The second-order valence-electron chi connectivity index (χ2n) is 4.19. The van der Waals surface area contributed by atoms with Crippen LogP contribution in [0.25, 0.3) is 0 Å². The van der Waals surface area contributed by atoms with Gasteiger partial charge in [0.15, 0.2) is 11.5 Å². The number of hydrogen-bond donors (Lipinski definition) is 0. The van der Waals surface area contributed by atoms with Crippen molar-refractivity contribution in [3.05, 3.63) is 43.5 Å². The maximum atomic E-state index is 6.56. The van der Waals surface area contributed by atoms with Crippen LogP contribution in [0, 0.1) is 0 Å². The van der Waals surface area contributed by atoms with E-state index in [1.807, 2.05) is 32.0 Å². The molecule has 0 bridgehead atoms. The minimum atomic E-state index is -0.316. The van der Waals surface area contributed by atoms with Gasteiger partial charge in [-0.2, -0.15) is 0 Å². The molecule has 21 heavy (non-hydrogen) atoms. The van der Waals surface area contributed by atoms with Gasteiger partial charge in [-0.3, -0.25) is 0 Å². The van der Waals surface area contributed by atoms with E-state index in [2.05, 4.69) is 15.9 Å². The Labute approximate surface area is 147 Å². The van der Waals surface area contributed by atoms with E-state index in [0.29, 0.717) is 29.7 Å². The van der Waals surface area contributed by atoms with Crippen molar-refractivity contribution in [3.63, 3.8) is 0 Å². The van der Waals surface area contributed by atoms with Crippen molar-refractivity contribution in [1.82, 2.24) is 0 Å². The molecule has 0 aliphatic rings. The number of alkyl halides is 1. The van der Waals surface area contributed by atoms with E-state index in [1.165, 1.54) is 0 Å². The number of rotatable bonds is 6. The molecule has 1 heterocycles. The Morgan fingerprint density at radius 3 is 2.29 bits per heavy atom. The van der Waals surface area contributed by atoms with Crippen LogP contribution in [0.2, 0.25) is 5.02 Å². The van der Waals surface area contributed by atoms with Crippen molar-refractivity contribution in [1.29, 1.82) is 0 Å². The van der Waals surface area contributed by atoms with Gasteiger partial charge in [0.25, 0.3) is 0 Å². The van der Waals surface area contributed by atoms with Crippen LogP contribution in [0.15, 0.2) is 28.1 Å². The highest BCUT2D eigenvalue weighted by Gasteiger charge is 2.20. The first-order valence-electron chi connectivity index (χ1n) is 6.55. The van der Waals surface area contributed by atoms with Gasteiger partial charge in [-0.1, -0.05) is 11.6 Å². The normalized spacial score (nSPS) is 12.2. The summed E-state index contributed by atoms with van der Waals surface area (Å²) >= 11 is 18.0. The average molecular weight is 410 g/mol. The van der Waals surface area contributed by atoms with Crippen molar-refractivity contribution >= 4 is 50.5 Å². The Kier molecular flexibility index (Phi) is 6.23. The summed E-state index contributed by atoms with van der Waals surface area (Å²) in [5.41, 5.74) is 0.819. The Hall–Kier alpha value is -0.420. The third-order valence-electron chi connectivity index (χ3n) is 2.78. The van der Waals surface area contributed by atoms with Gasteiger partial charge in [-0.25, -0.2) is 0 Å². The first-order valence-corrected chi connectivity index (χ1v) is 8.97. The predicted molar refractivity (Wildman–Crippen MR) is 93.5 cm³/mol. The minimum absolute atomic E-state index is 0.316. The van der Waals surface area contributed by atoms with Gasteiger partial charge in [0, 0.05) is 16.0 Å². The van der Waals surface area contributed by atoms with Gasteiger partial charge in [0.2, 0.25) is 0 Å². The van der Waals surface area contributed by atoms with Gasteiger partial charge >= 0.3 is 0 Å². The van der Waals surface area contributed by atoms with Crippen LogP contribution in [0.5, 0.6) is 11.5 Å². The fourth-order valence-corrected chi connectivity index (χ4v) is 4.03. The number of ether oxygens (including phenoxy) is 2. The summed E-state index contributed by atoms with van der Waals surface area (Å²) in [6, 6.07) is 7.59. The topological polar surface area (TPSA) is 18.5 Å². The van der Waals surface area contributed by atoms with Crippen LogP contribution in [0.3, 0.4) is 0 Å². The zero-order valence-corrected chi connectivity index (χ0v) is 15.6. The van der Waals surface area contributed by atoms with Crippen molar-refractivity contribution < 1.29 is 9.47 Å². The lowest BCUT2D eigenvalue weighted by Crippen LogP contribution is -2.01. The van der Waals surface area contributed by atoms with Crippen molar-refractivity contribution in [2.24, 2.45) is 0 Å². The van der Waals surface area contributed by atoms with Gasteiger partial charge < -0.3 is 9.47 Å². The standard InChI is InChI=1S/C15H15BrCl2O2S/c1-3-19-11-7-9(10(17)8-12(11)20-4-2)15(18)13-5-6-14(16)21-13/h5-8,15H,3-4H2,1-2H3. The van der Waals surface area contributed by atoms with Gasteiger partial charge in [-0.15, -0.1) is 22.9 Å². The molecular formula is C15H15BrCl2O2S. The predicted octanol–water partition coefficient (Wildman–Crippen LogP) is 6.29. The Morgan fingerprint density at radius 1 is 1.14 bits per heavy atom. The third-order valence-corrected chi connectivity index (χ3v) is 5.39. The van der Waals surface area contributed by atoms with Crippen molar-refractivity contribution in [3.8, 4) is 11.5 Å². The van der Waals surface area contributed by atoms with E-state index in [-0.39, 0.29) is 5.38 Å². The highest BCUT2D eigenvalue weighted by Crippen LogP contribution is 2.42. The number of hydrogen-bond acceptors (Lipinski definition) is 3. The van der Waals surface area contributed by atoms with E-state index in [4.69, 9.17) is 32.7 Å². The molecule has 0 radical (unpaired) electrons. The molecule has 1 aromatic heterocycles. The number of benzene rings is 1. The molecule has 6 heteroatoms. The fraction of sp³-hybridized carbons (Fsp3) is 0.333. The molecule has 0 aliphatic carbocycles. The molecule has 2 rings (SSSR count). The molecular weight excluding hydrogens is 395 g/mol. The zero-order valence-electron chi connectivity index (χ0n) is 11.7. The van der Waals surface area contributed by atoms with Gasteiger partial charge in [-0.05, 0) is 53.5 Å². The van der Waals surface area contributed by atoms with Crippen LogP contribution < -0.4 is 9.47 Å². The summed E-state index contributed by atoms with van der Waals surface area (Å²) in [5, 5.41) is 0.259. The smallest absolute Gasteiger partial charge is 0.162 e. The summed E-state index contributed by atoms with van der Waals surface area (Å²) in [5.74, 6) is 1.31. The van der Waals surface area contributed by atoms with Crippen LogP contribution >= 0.6 is 50.5 Å². The van der Waals surface area contributed by atoms with Crippen molar-refractivity contribution in [2.75, 3.05) is 13.2 Å². The number of halogens is 3. The van der Waals surface area contributed by atoms with Crippen LogP contribution in [0.4, 0.5) is 0 Å². The summed E-state index contributed by atoms with van der Waals surface area (Å²) in [6.45, 7) is 4.96. The second-order valence-corrected chi connectivity index (χ2v) is 7.53. The first kappa shape index (κ1) is 16.9. The van der Waals surface area contributed by atoms with Crippen LogP contribution in [0.1, 0.15) is 29.7 Å². The van der Waals surface area contributed by atoms with E-state index in [0.717, 1.165) is 14.2 Å². The number of thiophene rings is 1. The molecule has 1 aromatic carbocycles. The third kappa shape index (κ3) is 4.07. The van der Waals surface area contributed by atoms with Crippen LogP contribution in [-0.2, 0) is 0 Å². The lowest BCUT2D eigenvalue weighted by Gasteiger charge is -2.16. The molecule has 2 aromatic rings. The van der Waals surface area contributed by atoms with E-state index < -0.39 is 0 Å². The lowest BCUT2D eigenvalue weighted by molar-refractivity contribution is 0.287. The molecule has 0 aliphatic heterocycles. The first-order chi connectivity index (χ1) is 10.1. The van der Waals surface area contributed by atoms with E-state index >= 15 is 0 Å². The molecule has 2 nitrogen and oxygen atoms in total. The lowest BCUT2D eigenvalue weighted by atomic mass is 10.1. The zero-order chi connectivity index (χ0) is 15.4. The largest absolute Gasteiger partial charge is 0.490 e. The molecule has 0 saturated carbocycles. The molecule has 1 unspecified atom stereocenters. The molecule has 0 amide bonds. The molecule has 114 valence electrons. The quantitative estimate of drug-likeness (QED) is 0.522. The highest BCUT2D eigenvalue weighted by molar-refractivity contribution is 9.11. The maximum absolute atomic E-state index is 6.56. The Balaban J connectivity index is 2.40. The van der Waals surface area contributed by atoms with Gasteiger partial charge in [0.05, 0.1) is 22.4 Å².